The van der Waals surface area contributed by atoms with E-state index in [1.807, 2.05) is 24.3 Å². The molecule has 1 aliphatic heterocycles. The highest BCUT2D eigenvalue weighted by Gasteiger charge is 2.30. The molecule has 144 valence electrons. The van der Waals surface area contributed by atoms with Gasteiger partial charge in [-0.25, -0.2) is 4.79 Å². The number of amides is 1. The van der Waals surface area contributed by atoms with Gasteiger partial charge in [-0.3, -0.25) is 4.79 Å². The molecule has 1 unspecified atom stereocenters. The molecule has 3 rings (SSSR count). The Morgan fingerprint density at radius 2 is 1.75 bits per heavy atom. The first-order valence-electron chi connectivity index (χ1n) is 9.34. The minimum atomic E-state index is -0.383. The molecule has 1 amide bonds. The molecular formula is C22H22N2O4. The zero-order chi connectivity index (χ0) is 19.9. The maximum atomic E-state index is 12.5. The number of carbonyl (C=O) groups excluding carboxylic acids is 2. The Bertz CT molecular complexity index is 869. The van der Waals surface area contributed by atoms with E-state index in [1.165, 1.54) is 0 Å². The third-order valence-corrected chi connectivity index (χ3v) is 4.70. The summed E-state index contributed by atoms with van der Waals surface area (Å²) >= 11 is 0. The van der Waals surface area contributed by atoms with Crippen LogP contribution in [-0.4, -0.2) is 36.7 Å². The van der Waals surface area contributed by atoms with Gasteiger partial charge in [-0.15, -0.1) is 0 Å². The molecule has 0 spiro atoms. The van der Waals surface area contributed by atoms with Crippen LogP contribution in [0.4, 0.5) is 4.79 Å². The van der Waals surface area contributed by atoms with Crippen LogP contribution in [0.1, 0.15) is 25.3 Å². The summed E-state index contributed by atoms with van der Waals surface area (Å²) in [6.45, 7) is 2.99. The smallest absolute Gasteiger partial charge is 0.409 e. The summed E-state index contributed by atoms with van der Waals surface area (Å²) in [5.74, 6) is -0.216. The zero-order valence-electron chi connectivity index (χ0n) is 15.8. The molecular weight excluding hydrogens is 356 g/mol. The fourth-order valence-corrected chi connectivity index (χ4v) is 3.20. The summed E-state index contributed by atoms with van der Waals surface area (Å²) in [4.78, 5) is 25.9. The molecule has 28 heavy (non-hydrogen) atoms. The minimum absolute atomic E-state index is 0.316. The van der Waals surface area contributed by atoms with Crippen molar-refractivity contribution in [2.75, 3.05) is 19.7 Å². The number of rotatable bonds is 4. The second-order valence-electron chi connectivity index (χ2n) is 6.62. The molecule has 1 heterocycles. The lowest BCUT2D eigenvalue weighted by molar-refractivity contribution is -0.140. The topological polar surface area (TPSA) is 79.6 Å². The predicted molar refractivity (Wildman–Crippen MR) is 104 cm³/mol. The van der Waals surface area contributed by atoms with E-state index in [1.54, 1.807) is 36.1 Å². The summed E-state index contributed by atoms with van der Waals surface area (Å²) < 4.78 is 10.5. The number of esters is 1. The number of piperidine rings is 1. The number of likely N-dealkylation sites (tertiary alicyclic amines) is 1. The number of carbonyl (C=O) groups is 2. The van der Waals surface area contributed by atoms with Crippen molar-refractivity contribution < 1.29 is 19.1 Å². The van der Waals surface area contributed by atoms with Crippen LogP contribution in [0.25, 0.3) is 11.1 Å². The van der Waals surface area contributed by atoms with Gasteiger partial charge in [-0.05, 0) is 55.2 Å². The third kappa shape index (κ3) is 4.68. The van der Waals surface area contributed by atoms with Crippen LogP contribution in [0.3, 0.4) is 0 Å². The van der Waals surface area contributed by atoms with E-state index in [9.17, 15) is 9.59 Å². The van der Waals surface area contributed by atoms with E-state index < -0.39 is 0 Å². The lowest BCUT2D eigenvalue weighted by Crippen LogP contribution is -2.43. The van der Waals surface area contributed by atoms with E-state index in [0.717, 1.165) is 17.5 Å². The van der Waals surface area contributed by atoms with Crippen LogP contribution < -0.4 is 4.74 Å². The number of hydrogen-bond donors (Lipinski definition) is 0. The van der Waals surface area contributed by atoms with Crippen LogP contribution in [0.15, 0.2) is 48.5 Å². The Kier molecular flexibility index (Phi) is 6.28. The Morgan fingerprint density at radius 1 is 1.11 bits per heavy atom. The molecule has 1 atom stereocenters. The Labute approximate surface area is 164 Å². The van der Waals surface area contributed by atoms with Crippen molar-refractivity contribution in [3.05, 3.63) is 54.1 Å². The highest BCUT2D eigenvalue weighted by Crippen LogP contribution is 2.25. The number of ether oxygens (including phenoxy) is 2. The molecule has 6 nitrogen and oxygen atoms in total. The molecule has 0 aromatic heterocycles. The first kappa shape index (κ1) is 19.4. The zero-order valence-corrected chi connectivity index (χ0v) is 15.8. The van der Waals surface area contributed by atoms with Gasteiger partial charge in [0.1, 0.15) is 5.75 Å². The molecule has 0 saturated carbocycles. The SMILES string of the molecule is CCOC(=O)N1CCCC(C(=O)Oc2ccc(-c3ccc(C#N)cc3)cc2)C1. The Morgan fingerprint density at radius 3 is 2.36 bits per heavy atom. The Balaban J connectivity index is 1.61. The van der Waals surface area contributed by atoms with Crippen molar-refractivity contribution in [1.82, 2.24) is 4.90 Å². The van der Waals surface area contributed by atoms with Crippen molar-refractivity contribution in [2.45, 2.75) is 19.8 Å². The van der Waals surface area contributed by atoms with Gasteiger partial charge in [0.05, 0.1) is 24.2 Å². The summed E-state index contributed by atoms with van der Waals surface area (Å²) in [7, 11) is 0. The molecule has 1 fully saturated rings. The van der Waals surface area contributed by atoms with E-state index in [4.69, 9.17) is 14.7 Å². The van der Waals surface area contributed by atoms with Crippen molar-refractivity contribution in [3.63, 3.8) is 0 Å². The summed E-state index contributed by atoms with van der Waals surface area (Å²) in [5, 5.41) is 8.87. The molecule has 0 bridgehead atoms. The monoisotopic (exact) mass is 378 g/mol. The predicted octanol–water partition coefficient (Wildman–Crippen LogP) is 4.00. The van der Waals surface area contributed by atoms with Gasteiger partial charge in [0.25, 0.3) is 0 Å². The maximum absolute atomic E-state index is 12.5. The van der Waals surface area contributed by atoms with Gasteiger partial charge in [-0.1, -0.05) is 24.3 Å². The molecule has 2 aromatic carbocycles. The number of hydrogen-bond acceptors (Lipinski definition) is 5. The summed E-state index contributed by atoms with van der Waals surface area (Å²) in [6, 6.07) is 16.6. The normalized spacial score (nSPS) is 16.1. The van der Waals surface area contributed by atoms with Crippen molar-refractivity contribution in [1.29, 1.82) is 5.26 Å². The van der Waals surface area contributed by atoms with Crippen LogP contribution in [0.2, 0.25) is 0 Å². The minimum Gasteiger partial charge on any atom is -0.450 e. The standard InChI is InChI=1S/C22H22N2O4/c1-2-27-22(26)24-13-3-4-19(15-24)21(25)28-20-11-9-18(10-12-20)17-7-5-16(14-23)6-8-17/h5-12,19H,2-4,13,15H2,1H3. The molecule has 6 heteroatoms. The van der Waals surface area contributed by atoms with Crippen molar-refractivity contribution in [2.24, 2.45) is 5.92 Å². The van der Waals surface area contributed by atoms with E-state index in [-0.39, 0.29) is 18.0 Å². The van der Waals surface area contributed by atoms with Crippen LogP contribution in [0.5, 0.6) is 5.75 Å². The lowest BCUT2D eigenvalue weighted by Gasteiger charge is -2.30. The second-order valence-corrected chi connectivity index (χ2v) is 6.62. The van der Waals surface area contributed by atoms with Crippen molar-refractivity contribution >= 4 is 12.1 Å². The van der Waals surface area contributed by atoms with Gasteiger partial charge in [0.15, 0.2) is 0 Å². The molecule has 2 aromatic rings. The van der Waals surface area contributed by atoms with E-state index in [0.29, 0.717) is 37.4 Å². The molecule has 0 N–H and O–H groups in total. The summed E-state index contributed by atoms with van der Waals surface area (Å²) in [5.41, 5.74) is 2.56. The van der Waals surface area contributed by atoms with Gasteiger partial charge < -0.3 is 14.4 Å². The average Bonchev–Trinajstić information content (AvgIpc) is 2.74. The highest BCUT2D eigenvalue weighted by molar-refractivity contribution is 5.77. The number of nitriles is 1. The van der Waals surface area contributed by atoms with Gasteiger partial charge in [0, 0.05) is 13.1 Å². The molecule has 1 saturated heterocycles. The van der Waals surface area contributed by atoms with Crippen molar-refractivity contribution in [3.8, 4) is 22.9 Å². The van der Waals surface area contributed by atoms with Crippen LogP contribution in [0, 0.1) is 17.2 Å². The lowest BCUT2D eigenvalue weighted by atomic mass is 9.98. The second kappa shape index (κ2) is 9.05. The van der Waals surface area contributed by atoms with Gasteiger partial charge >= 0.3 is 12.1 Å². The highest BCUT2D eigenvalue weighted by atomic mass is 16.6. The largest absolute Gasteiger partial charge is 0.450 e. The molecule has 0 aliphatic carbocycles. The quantitative estimate of drug-likeness (QED) is 0.593. The van der Waals surface area contributed by atoms with Gasteiger partial charge in [-0.2, -0.15) is 5.26 Å². The van der Waals surface area contributed by atoms with Crippen LogP contribution in [-0.2, 0) is 9.53 Å². The van der Waals surface area contributed by atoms with Gasteiger partial charge in [0.2, 0.25) is 0 Å². The Hall–Kier alpha value is -3.33. The summed E-state index contributed by atoms with van der Waals surface area (Å²) in [6.07, 6.45) is 1.06. The van der Waals surface area contributed by atoms with Crippen LogP contribution >= 0.6 is 0 Å². The fraction of sp³-hybridized carbons (Fsp3) is 0.318. The van der Waals surface area contributed by atoms with E-state index >= 15 is 0 Å². The molecule has 1 aliphatic rings. The molecule has 0 radical (unpaired) electrons. The number of nitrogens with zero attached hydrogens (tertiary/aromatic N) is 2. The average molecular weight is 378 g/mol. The first-order chi connectivity index (χ1) is 13.6. The maximum Gasteiger partial charge on any atom is 0.409 e. The number of benzene rings is 2. The third-order valence-electron chi connectivity index (χ3n) is 4.70. The first-order valence-corrected chi connectivity index (χ1v) is 9.34. The van der Waals surface area contributed by atoms with E-state index in [2.05, 4.69) is 6.07 Å². The fourth-order valence-electron chi connectivity index (χ4n) is 3.20.